The van der Waals surface area contributed by atoms with Crippen LogP contribution in [0.5, 0.6) is 5.75 Å². The van der Waals surface area contributed by atoms with E-state index in [1.54, 1.807) is 24.5 Å². The number of benzene rings is 2. The third-order valence-corrected chi connectivity index (χ3v) is 8.80. The topological polar surface area (TPSA) is 98.4 Å². The van der Waals surface area contributed by atoms with Crippen molar-refractivity contribution in [3.05, 3.63) is 66.2 Å². The number of piperazine rings is 1. The molecule has 236 valence electrons. The fraction of sp³-hybridized carbons (Fsp3) is 0.485. The number of halogens is 2. The number of rotatable bonds is 9. The van der Waals surface area contributed by atoms with Crippen LogP contribution in [0, 0.1) is 11.7 Å². The SMILES string of the molecule is CC(C)(Oc1cccc(N2CCC[C@@H](C(=O)N(Cc3ccc(-c4cn[nH]c4)c(F)c3)C3CC3)C2)c1)C(=O)N1CC[NH2+]CC1.[Cl-]. The summed E-state index contributed by atoms with van der Waals surface area (Å²) in [6.45, 7) is 8.84. The molecule has 3 heterocycles. The number of nitrogens with one attached hydrogen (secondary N) is 1. The Morgan fingerprint density at radius 2 is 1.91 bits per heavy atom. The first kappa shape index (κ1) is 31.8. The Morgan fingerprint density at radius 3 is 2.61 bits per heavy atom. The van der Waals surface area contributed by atoms with Gasteiger partial charge in [0.2, 0.25) is 5.91 Å². The van der Waals surface area contributed by atoms with Gasteiger partial charge in [-0.05, 0) is 63.3 Å². The van der Waals surface area contributed by atoms with E-state index in [2.05, 4.69) is 20.4 Å². The Hall–Kier alpha value is -3.63. The fourth-order valence-electron chi connectivity index (χ4n) is 6.32. The van der Waals surface area contributed by atoms with Crippen molar-refractivity contribution in [3.8, 4) is 16.9 Å². The smallest absolute Gasteiger partial charge is 0.266 e. The highest BCUT2D eigenvalue weighted by atomic mass is 35.5. The van der Waals surface area contributed by atoms with Gasteiger partial charge >= 0.3 is 0 Å². The van der Waals surface area contributed by atoms with Crippen molar-refractivity contribution < 1.29 is 36.4 Å². The standard InChI is InChI=1S/C33H41FN6O3.ClH/c1-33(2,32(42)38-15-12-35-13-16-38)43-28-7-3-6-27(18-28)39-14-4-5-24(22-39)31(41)40(26-9-10-26)21-23-8-11-29(30(34)17-23)25-19-36-37-20-25;/h3,6-8,11,17-20,24,26,35H,4-5,9-10,12-16,21-22H2,1-2H3,(H,36,37);1H/t24-;/m1./s1. The van der Waals surface area contributed by atoms with E-state index in [0.29, 0.717) is 30.0 Å². The van der Waals surface area contributed by atoms with Crippen LogP contribution in [0.1, 0.15) is 45.1 Å². The van der Waals surface area contributed by atoms with E-state index in [-0.39, 0.29) is 42.0 Å². The molecule has 2 amide bonds. The van der Waals surface area contributed by atoms with Crippen molar-refractivity contribution in [1.82, 2.24) is 20.0 Å². The van der Waals surface area contributed by atoms with Crippen molar-refractivity contribution in [2.24, 2.45) is 5.92 Å². The Morgan fingerprint density at radius 1 is 1.11 bits per heavy atom. The van der Waals surface area contributed by atoms with Crippen LogP contribution in [-0.4, -0.2) is 82.7 Å². The van der Waals surface area contributed by atoms with Crippen LogP contribution in [0.25, 0.3) is 11.1 Å². The molecular formula is C33H42ClFN6O3. The number of H-pyrrole nitrogens is 1. The Bertz CT molecular complexity index is 1440. The number of nitrogens with zero attached hydrogens (tertiary/aromatic N) is 4. The molecule has 1 aliphatic carbocycles. The Kier molecular flexibility index (Phi) is 9.80. The predicted molar refractivity (Wildman–Crippen MR) is 162 cm³/mol. The molecule has 44 heavy (non-hydrogen) atoms. The van der Waals surface area contributed by atoms with Crippen molar-refractivity contribution in [2.75, 3.05) is 44.2 Å². The summed E-state index contributed by atoms with van der Waals surface area (Å²) in [6, 6.07) is 13.3. The minimum Gasteiger partial charge on any atom is -1.00 e. The molecule has 11 heteroatoms. The minimum atomic E-state index is -0.975. The van der Waals surface area contributed by atoms with Crippen molar-refractivity contribution in [1.29, 1.82) is 0 Å². The van der Waals surface area contributed by atoms with Gasteiger partial charge in [-0.15, -0.1) is 0 Å². The second-order valence-electron chi connectivity index (χ2n) is 12.6. The van der Waals surface area contributed by atoms with E-state index in [4.69, 9.17) is 4.74 Å². The molecule has 3 fully saturated rings. The number of quaternary nitrogens is 1. The Labute approximate surface area is 264 Å². The van der Waals surface area contributed by atoms with Gasteiger partial charge in [-0.2, -0.15) is 5.10 Å². The fourth-order valence-corrected chi connectivity index (χ4v) is 6.32. The molecule has 1 aromatic heterocycles. The zero-order chi connectivity index (χ0) is 30.0. The number of aromatic nitrogens is 2. The highest BCUT2D eigenvalue weighted by Crippen LogP contribution is 2.34. The molecule has 0 spiro atoms. The minimum absolute atomic E-state index is 0. The van der Waals surface area contributed by atoms with Crippen LogP contribution in [0.4, 0.5) is 10.1 Å². The lowest BCUT2D eigenvalue weighted by Crippen LogP contribution is -3.00. The number of carbonyl (C=O) groups excluding carboxylic acids is 2. The summed E-state index contributed by atoms with van der Waals surface area (Å²) in [4.78, 5) is 33.2. The van der Waals surface area contributed by atoms with E-state index >= 15 is 0 Å². The van der Waals surface area contributed by atoms with Gasteiger partial charge in [0.05, 0.1) is 38.3 Å². The maximum atomic E-state index is 15.0. The normalized spacial score (nSPS) is 18.8. The number of hydrogen-bond donors (Lipinski definition) is 2. The molecular weight excluding hydrogens is 583 g/mol. The van der Waals surface area contributed by atoms with E-state index in [1.807, 2.05) is 54.0 Å². The highest BCUT2D eigenvalue weighted by Gasteiger charge is 2.38. The quantitative estimate of drug-likeness (QED) is 0.354. The van der Waals surface area contributed by atoms with Gasteiger partial charge < -0.3 is 37.2 Å². The number of carbonyl (C=O) groups is 2. The summed E-state index contributed by atoms with van der Waals surface area (Å²) in [5.41, 5.74) is 2.00. The van der Waals surface area contributed by atoms with Crippen molar-refractivity contribution in [2.45, 2.75) is 57.7 Å². The van der Waals surface area contributed by atoms with Gasteiger partial charge in [0.25, 0.3) is 5.91 Å². The van der Waals surface area contributed by atoms with Gasteiger partial charge in [0.15, 0.2) is 5.60 Å². The van der Waals surface area contributed by atoms with Gasteiger partial charge in [0.1, 0.15) is 11.6 Å². The van der Waals surface area contributed by atoms with Gasteiger partial charge in [0, 0.05) is 54.8 Å². The highest BCUT2D eigenvalue weighted by molar-refractivity contribution is 5.85. The van der Waals surface area contributed by atoms with E-state index in [0.717, 1.165) is 69.7 Å². The molecule has 2 aromatic carbocycles. The van der Waals surface area contributed by atoms with Crippen LogP contribution in [0.15, 0.2) is 54.9 Å². The summed E-state index contributed by atoms with van der Waals surface area (Å²) in [5.74, 6) is 0.346. The number of nitrogens with two attached hydrogens (primary N) is 1. The largest absolute Gasteiger partial charge is 1.00 e. The Balaban J connectivity index is 0.00000384. The second-order valence-corrected chi connectivity index (χ2v) is 12.6. The summed E-state index contributed by atoms with van der Waals surface area (Å²) in [5, 5.41) is 8.87. The van der Waals surface area contributed by atoms with Crippen LogP contribution < -0.4 is 27.4 Å². The van der Waals surface area contributed by atoms with Crippen LogP contribution in [0.2, 0.25) is 0 Å². The molecule has 0 bridgehead atoms. The van der Waals surface area contributed by atoms with E-state index in [9.17, 15) is 14.0 Å². The lowest BCUT2D eigenvalue weighted by atomic mass is 9.95. The molecule has 3 N–H and O–H groups in total. The van der Waals surface area contributed by atoms with Gasteiger partial charge in [-0.3, -0.25) is 14.7 Å². The predicted octanol–water partition coefficient (Wildman–Crippen LogP) is 0.190. The number of aromatic amines is 1. The molecule has 0 unspecified atom stereocenters. The van der Waals surface area contributed by atoms with E-state index < -0.39 is 5.60 Å². The monoisotopic (exact) mass is 624 g/mol. The lowest BCUT2D eigenvalue weighted by Gasteiger charge is -2.37. The molecule has 3 aromatic rings. The molecule has 2 aliphatic heterocycles. The van der Waals surface area contributed by atoms with E-state index in [1.165, 1.54) is 0 Å². The van der Waals surface area contributed by atoms with Crippen LogP contribution in [0.3, 0.4) is 0 Å². The third-order valence-electron chi connectivity index (χ3n) is 8.80. The van der Waals surface area contributed by atoms with Crippen LogP contribution >= 0.6 is 0 Å². The molecule has 1 saturated carbocycles. The third kappa shape index (κ3) is 7.18. The van der Waals surface area contributed by atoms with Crippen molar-refractivity contribution in [3.63, 3.8) is 0 Å². The molecule has 0 radical (unpaired) electrons. The summed E-state index contributed by atoms with van der Waals surface area (Å²) in [6.07, 6.45) is 6.98. The molecule has 1 atom stereocenters. The lowest BCUT2D eigenvalue weighted by molar-refractivity contribution is -0.662. The average Bonchev–Trinajstić information content (AvgIpc) is 3.72. The zero-order valence-electron chi connectivity index (χ0n) is 25.5. The number of ether oxygens (including phenoxy) is 1. The van der Waals surface area contributed by atoms with Crippen molar-refractivity contribution >= 4 is 17.5 Å². The number of hydrogen-bond acceptors (Lipinski definition) is 5. The molecule has 2 saturated heterocycles. The first-order chi connectivity index (χ1) is 20.8. The molecule has 6 rings (SSSR count). The summed E-state index contributed by atoms with van der Waals surface area (Å²) >= 11 is 0. The summed E-state index contributed by atoms with van der Waals surface area (Å²) in [7, 11) is 0. The molecule has 9 nitrogen and oxygen atoms in total. The first-order valence-corrected chi connectivity index (χ1v) is 15.5. The maximum Gasteiger partial charge on any atom is 0.266 e. The maximum absolute atomic E-state index is 15.0. The first-order valence-electron chi connectivity index (χ1n) is 15.5. The number of amides is 2. The molecule has 3 aliphatic rings. The second kappa shape index (κ2) is 13.6. The average molecular weight is 625 g/mol. The number of piperidine rings is 1. The number of anilines is 1. The van der Waals surface area contributed by atoms with Gasteiger partial charge in [-0.25, -0.2) is 4.39 Å². The summed E-state index contributed by atoms with van der Waals surface area (Å²) < 4.78 is 21.2. The van der Waals surface area contributed by atoms with Gasteiger partial charge in [-0.1, -0.05) is 18.2 Å². The zero-order valence-corrected chi connectivity index (χ0v) is 26.2. The van der Waals surface area contributed by atoms with Crippen LogP contribution in [-0.2, 0) is 16.1 Å².